The zero-order chi connectivity index (χ0) is 10.7. The Labute approximate surface area is 91.3 Å². The molecule has 2 rings (SSSR count). The van der Waals surface area contributed by atoms with Crippen molar-refractivity contribution >= 4 is 0 Å². The molecule has 1 aliphatic heterocycles. The average Bonchev–Trinajstić information content (AvgIpc) is 2.31. The summed E-state index contributed by atoms with van der Waals surface area (Å²) < 4.78 is 0. The number of hydrogen-bond acceptors (Lipinski definition) is 2. The summed E-state index contributed by atoms with van der Waals surface area (Å²) in [6.45, 7) is 4.30. The van der Waals surface area contributed by atoms with Crippen LogP contribution in [0.3, 0.4) is 0 Å². The quantitative estimate of drug-likeness (QED) is 0.769. The van der Waals surface area contributed by atoms with Gasteiger partial charge in [0.25, 0.3) is 0 Å². The molecule has 0 aromatic heterocycles. The molecule has 2 nitrogen and oxygen atoms in total. The van der Waals surface area contributed by atoms with Gasteiger partial charge in [-0.3, -0.25) is 0 Å². The molecule has 0 bridgehead atoms. The van der Waals surface area contributed by atoms with Crippen LogP contribution in [0.2, 0.25) is 0 Å². The zero-order valence-electron chi connectivity index (χ0n) is 9.29. The summed E-state index contributed by atoms with van der Waals surface area (Å²) in [5.41, 5.74) is 2.49. The van der Waals surface area contributed by atoms with Gasteiger partial charge >= 0.3 is 0 Å². The first-order valence-electron chi connectivity index (χ1n) is 5.66. The van der Waals surface area contributed by atoms with Crippen LogP contribution in [0.5, 0.6) is 0 Å². The van der Waals surface area contributed by atoms with Gasteiger partial charge in [-0.1, -0.05) is 29.8 Å². The lowest BCUT2D eigenvalue weighted by molar-refractivity contribution is 0.162. The molecule has 0 spiro atoms. The van der Waals surface area contributed by atoms with Gasteiger partial charge in [-0.25, -0.2) is 0 Å². The molecule has 1 aromatic carbocycles. The maximum absolute atomic E-state index is 9.62. The lowest BCUT2D eigenvalue weighted by atomic mass is 9.75. The molecule has 0 saturated carbocycles. The predicted octanol–water partition coefficient (Wildman–Crippen LogP) is 1.61. The summed E-state index contributed by atoms with van der Waals surface area (Å²) in [5.74, 6) is 0. The Hall–Kier alpha value is -0.860. The van der Waals surface area contributed by atoms with Gasteiger partial charge in [-0.15, -0.1) is 0 Å². The van der Waals surface area contributed by atoms with E-state index < -0.39 is 0 Å². The van der Waals surface area contributed by atoms with E-state index in [9.17, 15) is 5.11 Å². The Balaban J connectivity index is 2.28. The molecule has 1 fully saturated rings. The summed E-state index contributed by atoms with van der Waals surface area (Å²) in [5, 5.41) is 13.0. The molecule has 1 aliphatic rings. The van der Waals surface area contributed by atoms with Crippen molar-refractivity contribution in [1.82, 2.24) is 5.32 Å². The zero-order valence-corrected chi connectivity index (χ0v) is 9.29. The van der Waals surface area contributed by atoms with Crippen molar-refractivity contribution in [3.05, 3.63) is 35.4 Å². The summed E-state index contributed by atoms with van der Waals surface area (Å²) in [6.07, 6.45) is 2.23. The van der Waals surface area contributed by atoms with Gasteiger partial charge in [0.15, 0.2) is 0 Å². The molecular weight excluding hydrogens is 186 g/mol. The molecule has 15 heavy (non-hydrogen) atoms. The number of nitrogens with one attached hydrogen (secondary N) is 1. The number of aliphatic hydroxyl groups excluding tert-OH is 1. The van der Waals surface area contributed by atoms with Crippen LogP contribution in [0, 0.1) is 6.92 Å². The van der Waals surface area contributed by atoms with Gasteiger partial charge in [0.1, 0.15) is 0 Å². The molecule has 1 heterocycles. The molecule has 1 aromatic rings. The second kappa shape index (κ2) is 4.33. The minimum Gasteiger partial charge on any atom is -0.395 e. The van der Waals surface area contributed by atoms with E-state index in [0.29, 0.717) is 0 Å². The Morgan fingerprint density at radius 1 is 1.33 bits per heavy atom. The Morgan fingerprint density at radius 3 is 2.60 bits per heavy atom. The van der Waals surface area contributed by atoms with E-state index in [4.69, 9.17) is 0 Å². The summed E-state index contributed by atoms with van der Waals surface area (Å²) >= 11 is 0. The molecule has 2 heteroatoms. The van der Waals surface area contributed by atoms with Crippen molar-refractivity contribution in [2.45, 2.75) is 25.2 Å². The highest BCUT2D eigenvalue weighted by atomic mass is 16.3. The molecular formula is C13H19NO. The Bertz CT molecular complexity index is 312. The summed E-state index contributed by atoms with van der Waals surface area (Å²) in [4.78, 5) is 0. The van der Waals surface area contributed by atoms with Crippen LogP contribution in [0.1, 0.15) is 24.0 Å². The van der Waals surface area contributed by atoms with Crippen molar-refractivity contribution in [2.75, 3.05) is 19.7 Å². The fourth-order valence-corrected chi connectivity index (χ4v) is 2.35. The van der Waals surface area contributed by atoms with Gasteiger partial charge in [-0.05, 0) is 31.9 Å². The first-order valence-corrected chi connectivity index (χ1v) is 5.66. The van der Waals surface area contributed by atoms with Crippen LogP contribution in [0.25, 0.3) is 0 Å². The van der Waals surface area contributed by atoms with E-state index in [2.05, 4.69) is 36.5 Å². The maximum atomic E-state index is 9.62. The predicted molar refractivity (Wildman–Crippen MR) is 62.0 cm³/mol. The monoisotopic (exact) mass is 205 g/mol. The maximum Gasteiger partial charge on any atom is 0.0540 e. The molecule has 1 unspecified atom stereocenters. The van der Waals surface area contributed by atoms with Crippen molar-refractivity contribution in [1.29, 1.82) is 0 Å². The fraction of sp³-hybridized carbons (Fsp3) is 0.538. The highest BCUT2D eigenvalue weighted by molar-refractivity contribution is 5.30. The van der Waals surface area contributed by atoms with E-state index >= 15 is 0 Å². The number of hydrogen-bond donors (Lipinski definition) is 2. The number of piperidine rings is 1. The van der Waals surface area contributed by atoms with Crippen molar-refractivity contribution < 1.29 is 5.11 Å². The van der Waals surface area contributed by atoms with Crippen LogP contribution in [0.4, 0.5) is 0 Å². The van der Waals surface area contributed by atoms with Gasteiger partial charge in [-0.2, -0.15) is 0 Å². The van der Waals surface area contributed by atoms with Crippen molar-refractivity contribution in [3.63, 3.8) is 0 Å². The third-order valence-corrected chi connectivity index (χ3v) is 3.44. The van der Waals surface area contributed by atoms with Crippen molar-refractivity contribution in [2.24, 2.45) is 0 Å². The van der Waals surface area contributed by atoms with Crippen LogP contribution in [-0.4, -0.2) is 24.8 Å². The van der Waals surface area contributed by atoms with Crippen LogP contribution in [-0.2, 0) is 5.41 Å². The molecule has 2 N–H and O–H groups in total. The number of benzene rings is 1. The normalized spacial score (nSPS) is 26.5. The number of rotatable bonds is 2. The Morgan fingerprint density at radius 2 is 2.07 bits per heavy atom. The van der Waals surface area contributed by atoms with E-state index in [1.807, 2.05) is 0 Å². The average molecular weight is 205 g/mol. The SMILES string of the molecule is Cc1ccc(C2(CO)CCCNC2)cc1. The molecule has 1 saturated heterocycles. The largest absolute Gasteiger partial charge is 0.395 e. The smallest absolute Gasteiger partial charge is 0.0540 e. The third kappa shape index (κ3) is 2.06. The number of aliphatic hydroxyl groups is 1. The van der Waals surface area contributed by atoms with E-state index in [0.717, 1.165) is 25.9 Å². The molecule has 0 radical (unpaired) electrons. The van der Waals surface area contributed by atoms with Crippen LogP contribution < -0.4 is 5.32 Å². The second-order valence-corrected chi connectivity index (χ2v) is 4.58. The third-order valence-electron chi connectivity index (χ3n) is 3.44. The lowest BCUT2D eigenvalue weighted by Crippen LogP contribution is -2.45. The summed E-state index contributed by atoms with van der Waals surface area (Å²) in [6, 6.07) is 8.56. The topological polar surface area (TPSA) is 32.3 Å². The molecule has 0 aliphatic carbocycles. The molecule has 1 atom stereocenters. The van der Waals surface area contributed by atoms with Crippen LogP contribution >= 0.6 is 0 Å². The lowest BCUT2D eigenvalue weighted by Gasteiger charge is -2.36. The van der Waals surface area contributed by atoms with Gasteiger partial charge < -0.3 is 10.4 Å². The van der Waals surface area contributed by atoms with E-state index in [1.54, 1.807) is 0 Å². The molecule has 0 amide bonds. The van der Waals surface area contributed by atoms with Gasteiger partial charge in [0.2, 0.25) is 0 Å². The number of aryl methyl sites for hydroxylation is 1. The highest BCUT2D eigenvalue weighted by Crippen LogP contribution is 2.30. The molecule has 82 valence electrons. The van der Waals surface area contributed by atoms with E-state index in [1.165, 1.54) is 11.1 Å². The standard InChI is InChI=1S/C13H19NO/c1-11-3-5-12(6-4-11)13(10-15)7-2-8-14-9-13/h3-6,14-15H,2,7-10H2,1H3. The van der Waals surface area contributed by atoms with Crippen LogP contribution in [0.15, 0.2) is 24.3 Å². The van der Waals surface area contributed by atoms with Gasteiger partial charge in [0.05, 0.1) is 6.61 Å². The highest BCUT2D eigenvalue weighted by Gasteiger charge is 2.32. The first-order chi connectivity index (χ1) is 7.27. The Kier molecular flexibility index (Phi) is 3.08. The van der Waals surface area contributed by atoms with Crippen molar-refractivity contribution in [3.8, 4) is 0 Å². The minimum absolute atomic E-state index is 0.0497. The second-order valence-electron chi connectivity index (χ2n) is 4.58. The first kappa shape index (κ1) is 10.7. The summed E-state index contributed by atoms with van der Waals surface area (Å²) in [7, 11) is 0. The fourth-order valence-electron chi connectivity index (χ4n) is 2.35. The minimum atomic E-state index is -0.0497. The van der Waals surface area contributed by atoms with E-state index in [-0.39, 0.29) is 12.0 Å². The van der Waals surface area contributed by atoms with Gasteiger partial charge in [0, 0.05) is 12.0 Å².